The molecule has 1 N–H and O–H groups in total. The molecular weight excluding hydrogens is 387 g/mol. The number of rotatable bonds is 5. The van der Waals surface area contributed by atoms with Gasteiger partial charge in [0.2, 0.25) is 0 Å². The second-order valence-corrected chi connectivity index (χ2v) is 6.65. The summed E-state index contributed by atoms with van der Waals surface area (Å²) in [5, 5.41) is 3.18. The van der Waals surface area contributed by atoms with Gasteiger partial charge in [-0.3, -0.25) is 9.59 Å². The molecule has 0 saturated carbocycles. The molecule has 5 nitrogen and oxygen atoms in total. The summed E-state index contributed by atoms with van der Waals surface area (Å²) >= 11 is 0. The molecule has 0 saturated heterocycles. The van der Waals surface area contributed by atoms with E-state index in [0.29, 0.717) is 11.1 Å². The predicted molar refractivity (Wildman–Crippen MR) is 100 cm³/mol. The van der Waals surface area contributed by atoms with E-state index in [9.17, 15) is 22.8 Å². The lowest BCUT2D eigenvalue weighted by Crippen LogP contribution is -2.21. The Morgan fingerprint density at radius 3 is 2.38 bits per heavy atom. The number of fused-ring (bicyclic) bond motifs is 1. The maximum absolute atomic E-state index is 12.5. The lowest BCUT2D eigenvalue weighted by atomic mass is 10.0. The number of amides is 1. The van der Waals surface area contributed by atoms with Gasteiger partial charge in [-0.2, -0.15) is 13.2 Å². The van der Waals surface area contributed by atoms with Crippen molar-refractivity contribution in [2.45, 2.75) is 26.4 Å². The summed E-state index contributed by atoms with van der Waals surface area (Å²) in [4.78, 5) is 23.9. The van der Waals surface area contributed by atoms with Gasteiger partial charge in [0.15, 0.2) is 6.61 Å². The average Bonchev–Trinajstić information content (AvgIpc) is 3.01. The Hall–Kier alpha value is -3.29. The van der Waals surface area contributed by atoms with Crippen LogP contribution in [-0.2, 0) is 26.9 Å². The number of alkyl halides is 3. The molecule has 0 unspecified atom stereocenters. The van der Waals surface area contributed by atoms with Crippen molar-refractivity contribution in [1.29, 1.82) is 0 Å². The number of aryl methyl sites for hydroxylation is 2. The molecule has 0 spiro atoms. The molecule has 0 atom stereocenters. The fourth-order valence-electron chi connectivity index (χ4n) is 2.77. The Balaban J connectivity index is 1.54. The molecule has 0 radical (unpaired) electrons. The number of carbonyl (C=O) groups excluding carboxylic acids is 2. The lowest BCUT2D eigenvalue weighted by molar-refractivity contribution is -0.146. The minimum atomic E-state index is -4.45. The van der Waals surface area contributed by atoms with Gasteiger partial charge < -0.3 is 14.5 Å². The first-order chi connectivity index (χ1) is 13.6. The molecule has 29 heavy (non-hydrogen) atoms. The van der Waals surface area contributed by atoms with Crippen LogP contribution >= 0.6 is 0 Å². The van der Waals surface area contributed by atoms with E-state index in [4.69, 9.17) is 9.15 Å². The predicted octanol–water partition coefficient (Wildman–Crippen LogP) is 4.79. The van der Waals surface area contributed by atoms with E-state index in [0.717, 1.165) is 40.8 Å². The molecule has 3 rings (SSSR count). The topological polar surface area (TPSA) is 68.5 Å². The number of nitrogens with one attached hydrogen (secondary N) is 1. The molecule has 3 aromatic rings. The molecule has 0 aliphatic carbocycles. The van der Waals surface area contributed by atoms with Gasteiger partial charge in [0.1, 0.15) is 5.58 Å². The average molecular weight is 405 g/mol. The van der Waals surface area contributed by atoms with Crippen LogP contribution in [0.4, 0.5) is 18.9 Å². The van der Waals surface area contributed by atoms with Crippen molar-refractivity contribution in [2.75, 3.05) is 11.9 Å². The maximum atomic E-state index is 12.5. The van der Waals surface area contributed by atoms with E-state index < -0.39 is 30.2 Å². The largest absolute Gasteiger partial charge is 0.464 e. The van der Waals surface area contributed by atoms with Gasteiger partial charge in [-0.25, -0.2) is 0 Å². The normalized spacial score (nSPS) is 11.5. The Kier molecular flexibility index (Phi) is 5.63. The summed E-state index contributed by atoms with van der Waals surface area (Å²) < 4.78 is 48.0. The highest BCUT2D eigenvalue weighted by atomic mass is 19.4. The summed E-state index contributed by atoms with van der Waals surface area (Å²) in [5.41, 5.74) is 2.79. The Labute approximate surface area is 164 Å². The van der Waals surface area contributed by atoms with E-state index in [2.05, 4.69) is 5.32 Å². The smallest absolute Gasteiger partial charge is 0.416 e. The molecule has 8 heteroatoms. The van der Waals surface area contributed by atoms with Gasteiger partial charge in [-0.1, -0.05) is 0 Å². The molecule has 1 heterocycles. The van der Waals surface area contributed by atoms with Crippen molar-refractivity contribution in [3.63, 3.8) is 0 Å². The second-order valence-electron chi connectivity index (χ2n) is 6.65. The van der Waals surface area contributed by atoms with Crippen molar-refractivity contribution in [3.05, 3.63) is 64.9 Å². The SMILES string of the molecule is Cc1cc2occ(CC(=O)OCC(=O)Nc3ccc(C(F)(F)F)cc3)c2cc1C. The third-order valence-electron chi connectivity index (χ3n) is 4.47. The molecule has 2 aromatic carbocycles. The zero-order valence-electron chi connectivity index (χ0n) is 15.7. The summed E-state index contributed by atoms with van der Waals surface area (Å²) in [7, 11) is 0. The molecule has 1 aromatic heterocycles. The zero-order chi connectivity index (χ0) is 21.2. The number of ether oxygens (including phenoxy) is 1. The standard InChI is InChI=1S/C21H18F3NO4/c1-12-7-17-14(10-28-18(17)8-13(12)2)9-20(27)29-11-19(26)25-16-5-3-15(4-6-16)21(22,23)24/h3-8,10H,9,11H2,1-2H3,(H,25,26). The van der Waals surface area contributed by atoms with E-state index in [1.807, 2.05) is 26.0 Å². The van der Waals surface area contributed by atoms with Crippen LogP contribution in [0.2, 0.25) is 0 Å². The van der Waals surface area contributed by atoms with Crippen molar-refractivity contribution < 1.29 is 31.9 Å². The fourth-order valence-corrected chi connectivity index (χ4v) is 2.77. The van der Waals surface area contributed by atoms with Crippen LogP contribution in [0.25, 0.3) is 11.0 Å². The number of halogens is 3. The van der Waals surface area contributed by atoms with Crippen molar-refractivity contribution in [1.82, 2.24) is 0 Å². The maximum Gasteiger partial charge on any atom is 0.416 e. The van der Waals surface area contributed by atoms with Gasteiger partial charge >= 0.3 is 12.1 Å². The van der Waals surface area contributed by atoms with Crippen LogP contribution in [0, 0.1) is 13.8 Å². The Morgan fingerprint density at radius 2 is 1.72 bits per heavy atom. The first-order valence-corrected chi connectivity index (χ1v) is 8.73. The minimum absolute atomic E-state index is 0.0664. The molecule has 0 fully saturated rings. The van der Waals surface area contributed by atoms with Gasteiger partial charge in [0.05, 0.1) is 18.2 Å². The number of benzene rings is 2. The number of esters is 1. The molecule has 0 aliphatic rings. The van der Waals surface area contributed by atoms with E-state index in [-0.39, 0.29) is 12.1 Å². The number of anilines is 1. The van der Waals surface area contributed by atoms with Gasteiger partial charge in [-0.05, 0) is 61.4 Å². The minimum Gasteiger partial charge on any atom is -0.464 e. The van der Waals surface area contributed by atoms with E-state index >= 15 is 0 Å². The summed E-state index contributed by atoms with van der Waals surface area (Å²) in [6, 6.07) is 7.78. The monoisotopic (exact) mass is 405 g/mol. The van der Waals surface area contributed by atoms with Crippen molar-refractivity contribution in [2.24, 2.45) is 0 Å². The number of hydrogen-bond acceptors (Lipinski definition) is 4. The Bertz CT molecular complexity index is 1050. The summed E-state index contributed by atoms with van der Waals surface area (Å²) in [6.45, 7) is 3.36. The lowest BCUT2D eigenvalue weighted by Gasteiger charge is -2.09. The van der Waals surface area contributed by atoms with E-state index in [1.54, 1.807) is 0 Å². The van der Waals surface area contributed by atoms with Crippen LogP contribution in [0.3, 0.4) is 0 Å². The molecule has 1 amide bonds. The fraction of sp³-hybridized carbons (Fsp3) is 0.238. The number of furan rings is 1. The van der Waals surface area contributed by atoms with Crippen molar-refractivity contribution in [3.8, 4) is 0 Å². The van der Waals surface area contributed by atoms with Gasteiger partial charge in [-0.15, -0.1) is 0 Å². The third-order valence-corrected chi connectivity index (χ3v) is 4.47. The Morgan fingerprint density at radius 1 is 1.07 bits per heavy atom. The van der Waals surface area contributed by atoms with Crippen LogP contribution in [0.15, 0.2) is 47.1 Å². The highest BCUT2D eigenvalue weighted by Gasteiger charge is 2.30. The number of hydrogen-bond donors (Lipinski definition) is 1. The second kappa shape index (κ2) is 7.98. The summed E-state index contributed by atoms with van der Waals surface area (Å²) in [5.74, 6) is -1.27. The quantitative estimate of drug-likeness (QED) is 0.620. The molecule has 0 aliphatic heterocycles. The van der Waals surface area contributed by atoms with Crippen LogP contribution in [0.1, 0.15) is 22.3 Å². The third kappa shape index (κ3) is 4.96. The molecular formula is C21H18F3NO4. The van der Waals surface area contributed by atoms with Crippen LogP contribution in [0.5, 0.6) is 0 Å². The van der Waals surface area contributed by atoms with Crippen LogP contribution in [-0.4, -0.2) is 18.5 Å². The number of carbonyl (C=O) groups is 2. The van der Waals surface area contributed by atoms with E-state index in [1.165, 1.54) is 6.26 Å². The highest BCUT2D eigenvalue weighted by molar-refractivity contribution is 5.93. The molecule has 0 bridgehead atoms. The van der Waals surface area contributed by atoms with Gasteiger partial charge in [0, 0.05) is 16.6 Å². The molecule has 152 valence electrons. The highest BCUT2D eigenvalue weighted by Crippen LogP contribution is 2.30. The first kappa shape index (κ1) is 20.4. The van der Waals surface area contributed by atoms with Gasteiger partial charge in [0.25, 0.3) is 5.91 Å². The first-order valence-electron chi connectivity index (χ1n) is 8.73. The zero-order valence-corrected chi connectivity index (χ0v) is 15.7. The van der Waals surface area contributed by atoms with Crippen LogP contribution < -0.4 is 5.32 Å². The van der Waals surface area contributed by atoms with Crippen molar-refractivity contribution >= 4 is 28.5 Å². The summed E-state index contributed by atoms with van der Waals surface area (Å²) in [6.07, 6.45) is -3.04.